The molecule has 1 aliphatic rings. The molecule has 1 amide bonds. The molecule has 0 radical (unpaired) electrons. The summed E-state index contributed by atoms with van der Waals surface area (Å²) in [6, 6.07) is 13.1. The van der Waals surface area contributed by atoms with Crippen LogP contribution in [0.3, 0.4) is 0 Å². The minimum Gasteiger partial charge on any atom is -0.508 e. The molecule has 1 atom stereocenters. The van der Waals surface area contributed by atoms with Gasteiger partial charge in [0.1, 0.15) is 5.75 Å². The fourth-order valence-electron chi connectivity index (χ4n) is 3.12. The van der Waals surface area contributed by atoms with E-state index < -0.39 is 0 Å². The molecule has 126 valence electrons. The topological polar surface area (TPSA) is 56.7 Å². The minimum absolute atomic E-state index is 0.116. The summed E-state index contributed by atoms with van der Waals surface area (Å²) in [5, 5.41) is 9.50. The molecule has 5 heteroatoms. The molecule has 2 aromatic rings. The van der Waals surface area contributed by atoms with E-state index in [1.54, 1.807) is 18.2 Å². The second-order valence-electron chi connectivity index (χ2n) is 6.19. The SMILES string of the molecule is CC(c1ccccn1)N1CCN(C(=O)Cc2cccc(O)c2)CC1. The lowest BCUT2D eigenvalue weighted by Crippen LogP contribution is -2.49. The van der Waals surface area contributed by atoms with Gasteiger partial charge in [0, 0.05) is 38.4 Å². The van der Waals surface area contributed by atoms with Crippen LogP contribution >= 0.6 is 0 Å². The number of phenolic OH excluding ortho intramolecular Hbond substituents is 1. The van der Waals surface area contributed by atoms with Crippen molar-refractivity contribution in [3.63, 3.8) is 0 Å². The van der Waals surface area contributed by atoms with Gasteiger partial charge in [-0.3, -0.25) is 14.7 Å². The quantitative estimate of drug-likeness (QED) is 0.937. The average molecular weight is 325 g/mol. The van der Waals surface area contributed by atoms with Crippen molar-refractivity contribution in [1.82, 2.24) is 14.8 Å². The highest BCUT2D eigenvalue weighted by Gasteiger charge is 2.25. The van der Waals surface area contributed by atoms with Crippen LogP contribution in [0, 0.1) is 0 Å². The van der Waals surface area contributed by atoms with Crippen LogP contribution in [-0.4, -0.2) is 52.0 Å². The van der Waals surface area contributed by atoms with Gasteiger partial charge < -0.3 is 10.0 Å². The monoisotopic (exact) mass is 325 g/mol. The smallest absolute Gasteiger partial charge is 0.227 e. The number of hydrogen-bond donors (Lipinski definition) is 1. The maximum atomic E-state index is 12.4. The number of aromatic nitrogens is 1. The summed E-state index contributed by atoms with van der Waals surface area (Å²) in [7, 11) is 0. The van der Waals surface area contributed by atoms with Crippen molar-refractivity contribution in [3.05, 3.63) is 59.9 Å². The van der Waals surface area contributed by atoms with Gasteiger partial charge in [-0.1, -0.05) is 18.2 Å². The highest BCUT2D eigenvalue weighted by atomic mass is 16.3. The molecule has 0 aliphatic carbocycles. The summed E-state index contributed by atoms with van der Waals surface area (Å²) in [5.41, 5.74) is 1.92. The van der Waals surface area contributed by atoms with Gasteiger partial charge in [0.25, 0.3) is 0 Å². The first-order chi connectivity index (χ1) is 11.6. The predicted octanol–water partition coefficient (Wildman–Crippen LogP) is 2.24. The van der Waals surface area contributed by atoms with E-state index in [1.165, 1.54) is 0 Å². The molecule has 0 bridgehead atoms. The number of pyridine rings is 1. The molecule has 1 unspecified atom stereocenters. The van der Waals surface area contributed by atoms with Crippen LogP contribution in [-0.2, 0) is 11.2 Å². The Balaban J connectivity index is 1.54. The molecule has 0 saturated carbocycles. The van der Waals surface area contributed by atoms with Crippen molar-refractivity contribution in [1.29, 1.82) is 0 Å². The fourth-order valence-corrected chi connectivity index (χ4v) is 3.12. The zero-order valence-electron chi connectivity index (χ0n) is 13.9. The molecule has 0 spiro atoms. The summed E-state index contributed by atoms with van der Waals surface area (Å²) in [6.45, 7) is 5.32. The van der Waals surface area contributed by atoms with Crippen LogP contribution in [0.25, 0.3) is 0 Å². The van der Waals surface area contributed by atoms with Crippen LogP contribution in [0.1, 0.15) is 24.2 Å². The summed E-state index contributed by atoms with van der Waals surface area (Å²) < 4.78 is 0. The molecule has 24 heavy (non-hydrogen) atoms. The molecule has 5 nitrogen and oxygen atoms in total. The van der Waals surface area contributed by atoms with Gasteiger partial charge in [0.05, 0.1) is 12.1 Å². The molecule has 1 aromatic heterocycles. The Kier molecular flexibility index (Phi) is 5.11. The van der Waals surface area contributed by atoms with Crippen LogP contribution in [0.4, 0.5) is 0 Å². The number of phenols is 1. The number of benzene rings is 1. The van der Waals surface area contributed by atoms with E-state index in [1.807, 2.05) is 35.4 Å². The van der Waals surface area contributed by atoms with E-state index in [0.29, 0.717) is 6.42 Å². The lowest BCUT2D eigenvalue weighted by atomic mass is 10.1. The van der Waals surface area contributed by atoms with Gasteiger partial charge in [0.15, 0.2) is 0 Å². The van der Waals surface area contributed by atoms with Gasteiger partial charge >= 0.3 is 0 Å². The van der Waals surface area contributed by atoms with Gasteiger partial charge in [-0.05, 0) is 36.8 Å². The Morgan fingerprint density at radius 3 is 2.62 bits per heavy atom. The van der Waals surface area contributed by atoms with Crippen molar-refractivity contribution in [3.8, 4) is 5.75 Å². The second-order valence-corrected chi connectivity index (χ2v) is 6.19. The minimum atomic E-state index is 0.116. The number of carbonyl (C=O) groups is 1. The first-order valence-corrected chi connectivity index (χ1v) is 8.34. The third-order valence-electron chi connectivity index (χ3n) is 4.60. The first-order valence-electron chi connectivity index (χ1n) is 8.34. The van der Waals surface area contributed by atoms with Crippen molar-refractivity contribution in [2.24, 2.45) is 0 Å². The molecular weight excluding hydrogens is 302 g/mol. The van der Waals surface area contributed by atoms with Gasteiger partial charge in [0.2, 0.25) is 5.91 Å². The Bertz CT molecular complexity index is 682. The van der Waals surface area contributed by atoms with Crippen molar-refractivity contribution >= 4 is 5.91 Å². The molecular formula is C19H23N3O2. The number of amides is 1. The van der Waals surface area contributed by atoms with Crippen molar-refractivity contribution in [2.45, 2.75) is 19.4 Å². The number of aromatic hydroxyl groups is 1. The second kappa shape index (κ2) is 7.45. The van der Waals surface area contributed by atoms with Crippen LogP contribution in [0.5, 0.6) is 5.75 Å². The Hall–Kier alpha value is -2.40. The highest BCUT2D eigenvalue weighted by molar-refractivity contribution is 5.79. The molecule has 3 rings (SSSR count). The van der Waals surface area contributed by atoms with E-state index in [9.17, 15) is 9.90 Å². The van der Waals surface area contributed by atoms with Gasteiger partial charge in [-0.25, -0.2) is 0 Å². The molecule has 1 aromatic carbocycles. The van der Waals surface area contributed by atoms with Gasteiger partial charge in [-0.15, -0.1) is 0 Å². The van der Waals surface area contributed by atoms with E-state index in [2.05, 4.69) is 16.8 Å². The van der Waals surface area contributed by atoms with Crippen LogP contribution in [0.15, 0.2) is 48.7 Å². The number of rotatable bonds is 4. The third-order valence-corrected chi connectivity index (χ3v) is 4.60. The normalized spacial score (nSPS) is 16.8. The average Bonchev–Trinajstić information content (AvgIpc) is 2.62. The maximum Gasteiger partial charge on any atom is 0.227 e. The molecule has 2 heterocycles. The number of carbonyl (C=O) groups excluding carboxylic acids is 1. The Labute approximate surface area is 142 Å². The zero-order chi connectivity index (χ0) is 16.9. The van der Waals surface area contributed by atoms with E-state index in [0.717, 1.165) is 37.4 Å². The largest absolute Gasteiger partial charge is 0.508 e. The maximum absolute atomic E-state index is 12.4. The van der Waals surface area contributed by atoms with E-state index >= 15 is 0 Å². The number of nitrogens with zero attached hydrogens (tertiary/aromatic N) is 3. The molecule has 1 aliphatic heterocycles. The predicted molar refractivity (Wildman–Crippen MR) is 92.6 cm³/mol. The zero-order valence-corrected chi connectivity index (χ0v) is 13.9. The van der Waals surface area contributed by atoms with Crippen molar-refractivity contribution in [2.75, 3.05) is 26.2 Å². The standard InChI is InChI=1S/C19H23N3O2/c1-15(18-7-2-3-8-20-18)21-9-11-22(12-10-21)19(24)14-16-5-4-6-17(23)13-16/h2-8,13,15,23H,9-12,14H2,1H3. The summed E-state index contributed by atoms with van der Waals surface area (Å²) >= 11 is 0. The van der Waals surface area contributed by atoms with E-state index in [4.69, 9.17) is 0 Å². The summed E-state index contributed by atoms with van der Waals surface area (Å²) in [4.78, 5) is 21.1. The van der Waals surface area contributed by atoms with Crippen molar-refractivity contribution < 1.29 is 9.90 Å². The summed E-state index contributed by atoms with van der Waals surface area (Å²) in [6.07, 6.45) is 2.16. The first kappa shape index (κ1) is 16.5. The fraction of sp³-hybridized carbons (Fsp3) is 0.368. The number of hydrogen-bond acceptors (Lipinski definition) is 4. The third kappa shape index (κ3) is 3.92. The van der Waals surface area contributed by atoms with Gasteiger partial charge in [-0.2, -0.15) is 0 Å². The Morgan fingerprint density at radius 2 is 1.96 bits per heavy atom. The molecule has 1 fully saturated rings. The lowest BCUT2D eigenvalue weighted by Gasteiger charge is -2.37. The van der Waals surface area contributed by atoms with E-state index in [-0.39, 0.29) is 17.7 Å². The van der Waals surface area contributed by atoms with Crippen LogP contribution in [0.2, 0.25) is 0 Å². The summed E-state index contributed by atoms with van der Waals surface area (Å²) in [5.74, 6) is 0.319. The number of piperazine rings is 1. The molecule has 1 N–H and O–H groups in total. The van der Waals surface area contributed by atoms with Crippen LogP contribution < -0.4 is 0 Å². The molecule has 1 saturated heterocycles. The lowest BCUT2D eigenvalue weighted by molar-refractivity contribution is -0.132. The Morgan fingerprint density at radius 1 is 1.17 bits per heavy atom. The highest BCUT2D eigenvalue weighted by Crippen LogP contribution is 2.20.